The number of fused-ring (bicyclic) bond motifs is 1. The maximum atomic E-state index is 12.8. The Balaban J connectivity index is 1.50. The Labute approximate surface area is 193 Å². The number of methoxy groups -OCH3 is 2. The minimum Gasteiger partial charge on any atom is -0.494 e. The smallest absolute Gasteiger partial charge is 0.255 e. The van der Waals surface area contributed by atoms with Crippen molar-refractivity contribution in [2.75, 3.05) is 24.9 Å². The summed E-state index contributed by atoms with van der Waals surface area (Å²) in [7, 11) is 3.03. The fourth-order valence-corrected chi connectivity index (χ4v) is 4.15. The third-order valence-electron chi connectivity index (χ3n) is 5.86. The number of carbonyl (C=O) groups is 2. The summed E-state index contributed by atoms with van der Waals surface area (Å²) in [5, 5.41) is 5.77. The predicted octanol–water partition coefficient (Wildman–Crippen LogP) is 5.02. The third-order valence-corrected chi connectivity index (χ3v) is 5.86. The molecule has 6 heteroatoms. The molecule has 0 aromatic heterocycles. The van der Waals surface area contributed by atoms with E-state index in [9.17, 15) is 9.59 Å². The van der Waals surface area contributed by atoms with Crippen molar-refractivity contribution in [3.8, 4) is 11.5 Å². The number of aryl methyl sites for hydroxylation is 2. The number of anilines is 2. The van der Waals surface area contributed by atoms with Crippen molar-refractivity contribution in [3.05, 3.63) is 82.9 Å². The number of carbonyl (C=O) groups excluding carboxylic acids is 2. The normalized spacial score (nSPS) is 12.4. The minimum atomic E-state index is -0.264. The molecule has 0 aliphatic heterocycles. The molecule has 0 unspecified atom stereocenters. The zero-order valence-corrected chi connectivity index (χ0v) is 18.9. The molecular formula is C27H28N2O4. The van der Waals surface area contributed by atoms with Crippen LogP contribution in [0.25, 0.3) is 0 Å². The summed E-state index contributed by atoms with van der Waals surface area (Å²) in [6, 6.07) is 18.5. The van der Waals surface area contributed by atoms with Crippen LogP contribution in [0.15, 0.2) is 60.7 Å². The van der Waals surface area contributed by atoms with Crippen LogP contribution in [-0.4, -0.2) is 26.0 Å². The first-order valence-electron chi connectivity index (χ1n) is 11.1. The molecule has 4 rings (SSSR count). The van der Waals surface area contributed by atoms with Gasteiger partial charge in [0.25, 0.3) is 5.91 Å². The SMILES string of the molecule is COc1cc(NC(=O)c2ccccc2)c(OC)cc1NC(=O)Cc1ccc2c(c1)CCCC2. The summed E-state index contributed by atoms with van der Waals surface area (Å²) in [6.45, 7) is 0. The van der Waals surface area contributed by atoms with Crippen LogP contribution in [0.3, 0.4) is 0 Å². The highest BCUT2D eigenvalue weighted by Crippen LogP contribution is 2.37. The lowest BCUT2D eigenvalue weighted by Crippen LogP contribution is -2.16. The molecule has 0 bridgehead atoms. The molecule has 0 saturated heterocycles. The van der Waals surface area contributed by atoms with Crippen LogP contribution in [0, 0.1) is 0 Å². The Hall–Kier alpha value is -3.80. The van der Waals surface area contributed by atoms with Crippen molar-refractivity contribution in [1.29, 1.82) is 0 Å². The van der Waals surface area contributed by atoms with Crippen LogP contribution in [-0.2, 0) is 24.1 Å². The maximum Gasteiger partial charge on any atom is 0.255 e. The van der Waals surface area contributed by atoms with Crippen LogP contribution in [0.4, 0.5) is 11.4 Å². The first-order chi connectivity index (χ1) is 16.1. The van der Waals surface area contributed by atoms with Gasteiger partial charge >= 0.3 is 0 Å². The lowest BCUT2D eigenvalue weighted by Gasteiger charge is -2.17. The molecule has 1 aliphatic carbocycles. The van der Waals surface area contributed by atoms with Crippen molar-refractivity contribution in [3.63, 3.8) is 0 Å². The van der Waals surface area contributed by atoms with Gasteiger partial charge in [-0.2, -0.15) is 0 Å². The van der Waals surface area contributed by atoms with Crippen LogP contribution in [0.1, 0.15) is 39.9 Å². The van der Waals surface area contributed by atoms with Crippen LogP contribution in [0.5, 0.6) is 11.5 Å². The number of rotatable bonds is 7. The van der Waals surface area contributed by atoms with E-state index in [-0.39, 0.29) is 18.2 Å². The Bertz CT molecular complexity index is 1160. The fourth-order valence-electron chi connectivity index (χ4n) is 4.15. The number of hydrogen-bond donors (Lipinski definition) is 2. The molecule has 33 heavy (non-hydrogen) atoms. The summed E-state index contributed by atoms with van der Waals surface area (Å²) in [4.78, 5) is 25.4. The number of ether oxygens (including phenoxy) is 2. The molecule has 3 aromatic rings. The van der Waals surface area contributed by atoms with E-state index in [0.717, 1.165) is 18.4 Å². The van der Waals surface area contributed by atoms with Gasteiger partial charge in [0.2, 0.25) is 5.91 Å². The van der Waals surface area contributed by atoms with E-state index >= 15 is 0 Å². The highest BCUT2D eigenvalue weighted by molar-refractivity contribution is 6.05. The summed E-state index contributed by atoms with van der Waals surface area (Å²) in [6.07, 6.45) is 4.90. The standard InChI is InChI=1S/C27H28N2O4/c1-32-24-17-23(29-27(31)20-9-4-3-5-10-20)25(33-2)16-22(24)28-26(30)15-18-12-13-19-8-6-7-11-21(19)14-18/h3-5,9-10,12-14,16-17H,6-8,11,15H2,1-2H3,(H,28,30)(H,29,31). The van der Waals surface area contributed by atoms with E-state index < -0.39 is 0 Å². The summed E-state index contributed by atoms with van der Waals surface area (Å²) in [5.74, 6) is 0.439. The first kappa shape index (κ1) is 22.4. The van der Waals surface area contributed by atoms with Gasteiger partial charge in [-0.25, -0.2) is 0 Å². The molecule has 0 spiro atoms. The Morgan fingerprint density at radius 1 is 0.788 bits per heavy atom. The summed E-state index contributed by atoms with van der Waals surface area (Å²) in [5.41, 5.74) is 5.20. The minimum absolute atomic E-state index is 0.146. The lowest BCUT2D eigenvalue weighted by atomic mass is 9.90. The molecule has 1 aliphatic rings. The zero-order valence-electron chi connectivity index (χ0n) is 18.9. The lowest BCUT2D eigenvalue weighted by molar-refractivity contribution is -0.115. The molecule has 2 N–H and O–H groups in total. The Morgan fingerprint density at radius 3 is 2.09 bits per heavy atom. The highest BCUT2D eigenvalue weighted by atomic mass is 16.5. The van der Waals surface area contributed by atoms with E-state index in [4.69, 9.17) is 9.47 Å². The second kappa shape index (κ2) is 10.2. The monoisotopic (exact) mass is 444 g/mol. The van der Waals surface area contributed by atoms with Crippen LogP contribution >= 0.6 is 0 Å². The molecule has 0 fully saturated rings. The molecule has 0 heterocycles. The first-order valence-corrected chi connectivity index (χ1v) is 11.1. The molecular weight excluding hydrogens is 416 g/mol. The summed E-state index contributed by atoms with van der Waals surface area (Å²) >= 11 is 0. The van der Waals surface area contributed by atoms with E-state index in [1.807, 2.05) is 12.1 Å². The van der Waals surface area contributed by atoms with Crippen molar-refractivity contribution >= 4 is 23.2 Å². The number of amides is 2. The van der Waals surface area contributed by atoms with Gasteiger partial charge < -0.3 is 20.1 Å². The van der Waals surface area contributed by atoms with E-state index in [1.165, 1.54) is 38.2 Å². The Morgan fingerprint density at radius 2 is 1.42 bits per heavy atom. The van der Waals surface area contributed by atoms with Gasteiger partial charge in [-0.3, -0.25) is 9.59 Å². The van der Waals surface area contributed by atoms with Crippen molar-refractivity contribution in [2.45, 2.75) is 32.1 Å². The second-order valence-corrected chi connectivity index (χ2v) is 8.11. The average molecular weight is 445 g/mol. The molecule has 2 amide bonds. The van der Waals surface area contributed by atoms with Crippen molar-refractivity contribution in [1.82, 2.24) is 0 Å². The average Bonchev–Trinajstić information content (AvgIpc) is 2.85. The molecule has 0 saturated carbocycles. The molecule has 0 radical (unpaired) electrons. The number of benzene rings is 3. The van der Waals surface area contributed by atoms with Gasteiger partial charge in [0.15, 0.2) is 0 Å². The maximum absolute atomic E-state index is 12.8. The van der Waals surface area contributed by atoms with Gasteiger partial charge in [0, 0.05) is 17.7 Å². The van der Waals surface area contributed by atoms with Crippen LogP contribution in [0.2, 0.25) is 0 Å². The summed E-state index contributed by atoms with van der Waals surface area (Å²) < 4.78 is 10.9. The van der Waals surface area contributed by atoms with Gasteiger partial charge in [0.1, 0.15) is 11.5 Å². The van der Waals surface area contributed by atoms with E-state index in [0.29, 0.717) is 28.4 Å². The molecule has 3 aromatic carbocycles. The molecule has 0 atom stereocenters. The Kier molecular flexibility index (Phi) is 6.93. The number of nitrogens with one attached hydrogen (secondary N) is 2. The van der Waals surface area contributed by atoms with Crippen molar-refractivity contribution < 1.29 is 19.1 Å². The van der Waals surface area contributed by atoms with E-state index in [1.54, 1.807) is 36.4 Å². The third kappa shape index (κ3) is 5.34. The molecule has 170 valence electrons. The fraction of sp³-hybridized carbons (Fsp3) is 0.259. The van der Waals surface area contributed by atoms with Crippen LogP contribution < -0.4 is 20.1 Å². The second-order valence-electron chi connectivity index (χ2n) is 8.11. The highest BCUT2D eigenvalue weighted by Gasteiger charge is 2.17. The quantitative estimate of drug-likeness (QED) is 0.537. The zero-order chi connectivity index (χ0) is 23.2. The molecule has 6 nitrogen and oxygen atoms in total. The van der Waals surface area contributed by atoms with Gasteiger partial charge in [-0.05, 0) is 54.5 Å². The van der Waals surface area contributed by atoms with Gasteiger partial charge in [-0.15, -0.1) is 0 Å². The topological polar surface area (TPSA) is 76.7 Å². The van der Waals surface area contributed by atoms with Gasteiger partial charge in [-0.1, -0.05) is 36.4 Å². The van der Waals surface area contributed by atoms with Gasteiger partial charge in [0.05, 0.1) is 32.0 Å². The van der Waals surface area contributed by atoms with Crippen molar-refractivity contribution in [2.24, 2.45) is 0 Å². The largest absolute Gasteiger partial charge is 0.494 e. The number of hydrogen-bond acceptors (Lipinski definition) is 4. The van der Waals surface area contributed by atoms with E-state index in [2.05, 4.69) is 22.8 Å². The predicted molar refractivity (Wildman–Crippen MR) is 129 cm³/mol.